The molecule has 2 heteroatoms. The Morgan fingerprint density at radius 1 is 1.00 bits per heavy atom. The van der Waals surface area contributed by atoms with E-state index in [9.17, 15) is 0 Å². The molecule has 1 aliphatic heterocycles. The van der Waals surface area contributed by atoms with Crippen LogP contribution < -0.4 is 5.19 Å². The minimum atomic E-state index is -1.25. The van der Waals surface area contributed by atoms with Crippen molar-refractivity contribution in [3.63, 3.8) is 0 Å². The van der Waals surface area contributed by atoms with Gasteiger partial charge in [0.15, 0.2) is 0 Å². The van der Waals surface area contributed by atoms with Gasteiger partial charge in [-0.15, -0.1) is 0 Å². The number of allylic oxidation sites excluding steroid dienone is 1. The zero-order valence-electron chi connectivity index (χ0n) is 12.4. The Hall–Kier alpha value is -1.64. The normalized spacial score (nSPS) is 18.4. The predicted octanol–water partition coefficient (Wildman–Crippen LogP) is 3.68. The molecule has 1 saturated heterocycles. The molecule has 1 unspecified atom stereocenters. The molecule has 0 radical (unpaired) electrons. The van der Waals surface area contributed by atoms with Gasteiger partial charge in [-0.3, -0.25) is 0 Å². The molecule has 108 valence electrons. The van der Waals surface area contributed by atoms with Gasteiger partial charge in [0.25, 0.3) is 0 Å². The van der Waals surface area contributed by atoms with Crippen molar-refractivity contribution in [1.29, 1.82) is 0 Å². The van der Waals surface area contributed by atoms with Gasteiger partial charge >= 0.3 is 0 Å². The number of rotatable bonds is 4. The molecule has 2 aromatic carbocycles. The molecule has 0 bridgehead atoms. The molecule has 0 N–H and O–H groups in total. The van der Waals surface area contributed by atoms with Crippen LogP contribution >= 0.6 is 0 Å². The van der Waals surface area contributed by atoms with Crippen molar-refractivity contribution in [2.75, 3.05) is 6.61 Å². The van der Waals surface area contributed by atoms with Crippen molar-refractivity contribution in [2.24, 2.45) is 0 Å². The highest BCUT2D eigenvalue weighted by Crippen LogP contribution is 2.19. The lowest BCUT2D eigenvalue weighted by Crippen LogP contribution is -2.38. The van der Waals surface area contributed by atoms with E-state index in [1.165, 1.54) is 40.8 Å². The van der Waals surface area contributed by atoms with Crippen LogP contribution in [0.5, 0.6) is 0 Å². The van der Waals surface area contributed by atoms with E-state index in [0.29, 0.717) is 0 Å². The van der Waals surface area contributed by atoms with Crippen LogP contribution in [0.3, 0.4) is 0 Å². The van der Waals surface area contributed by atoms with E-state index in [2.05, 4.69) is 61.2 Å². The third kappa shape index (κ3) is 3.52. The Bertz CT molecular complexity index is 600. The fourth-order valence-electron chi connectivity index (χ4n) is 3.02. The Morgan fingerprint density at radius 3 is 2.52 bits per heavy atom. The summed E-state index contributed by atoms with van der Waals surface area (Å²) in [6, 6.07) is 20.6. The molecule has 21 heavy (non-hydrogen) atoms. The van der Waals surface area contributed by atoms with Gasteiger partial charge in [0.05, 0.1) is 0 Å². The van der Waals surface area contributed by atoms with Crippen LogP contribution in [0.25, 0.3) is 5.57 Å². The van der Waals surface area contributed by atoms with Gasteiger partial charge in [-0.05, 0) is 40.8 Å². The van der Waals surface area contributed by atoms with Crippen molar-refractivity contribution >= 4 is 19.8 Å². The first-order valence-corrected chi connectivity index (χ1v) is 9.64. The van der Waals surface area contributed by atoms with Crippen LogP contribution in [0.15, 0.2) is 61.2 Å². The Labute approximate surface area is 129 Å². The van der Waals surface area contributed by atoms with Crippen LogP contribution in [-0.2, 0) is 10.8 Å². The maximum Gasteiger partial charge on any atom is 0.208 e. The van der Waals surface area contributed by atoms with Crippen molar-refractivity contribution in [3.05, 3.63) is 72.3 Å². The van der Waals surface area contributed by atoms with Crippen molar-refractivity contribution in [1.82, 2.24) is 0 Å². The molecule has 0 saturated carbocycles. The molecule has 0 aliphatic carbocycles. The maximum absolute atomic E-state index is 6.10. The summed E-state index contributed by atoms with van der Waals surface area (Å²) in [5.41, 5.74) is 3.85. The van der Waals surface area contributed by atoms with E-state index in [0.717, 1.165) is 13.0 Å². The van der Waals surface area contributed by atoms with Crippen LogP contribution in [0.4, 0.5) is 0 Å². The summed E-state index contributed by atoms with van der Waals surface area (Å²) in [7, 11) is -1.25. The highest BCUT2D eigenvalue weighted by atomic mass is 28.3. The molecule has 2 aromatic rings. The predicted molar refractivity (Wildman–Crippen MR) is 92.4 cm³/mol. The third-order valence-electron chi connectivity index (χ3n) is 4.13. The van der Waals surface area contributed by atoms with Crippen LogP contribution in [-0.4, -0.2) is 15.6 Å². The molecule has 1 fully saturated rings. The van der Waals surface area contributed by atoms with Gasteiger partial charge < -0.3 is 4.43 Å². The highest BCUT2D eigenvalue weighted by molar-refractivity contribution is 6.68. The molecular weight excluding hydrogens is 272 g/mol. The van der Waals surface area contributed by atoms with Crippen LogP contribution in [0.2, 0.25) is 6.04 Å². The van der Waals surface area contributed by atoms with E-state index in [4.69, 9.17) is 4.43 Å². The van der Waals surface area contributed by atoms with Gasteiger partial charge in [-0.1, -0.05) is 67.6 Å². The minimum Gasteiger partial charge on any atom is -0.415 e. The Morgan fingerprint density at radius 2 is 1.76 bits per heavy atom. The molecule has 3 rings (SSSR count). The summed E-state index contributed by atoms with van der Waals surface area (Å²) in [6.07, 6.45) is 3.45. The summed E-state index contributed by atoms with van der Waals surface area (Å²) >= 11 is 0. The average molecular weight is 294 g/mol. The fraction of sp³-hybridized carbons (Fsp3) is 0.263. The number of benzene rings is 2. The average Bonchev–Trinajstić information content (AvgIpc) is 2.56. The second-order valence-electron chi connectivity index (χ2n) is 5.71. The van der Waals surface area contributed by atoms with E-state index >= 15 is 0 Å². The molecule has 0 amide bonds. The van der Waals surface area contributed by atoms with Crippen LogP contribution in [0.1, 0.15) is 24.0 Å². The second kappa shape index (κ2) is 6.88. The van der Waals surface area contributed by atoms with Gasteiger partial charge in [0, 0.05) is 6.61 Å². The summed E-state index contributed by atoms with van der Waals surface area (Å²) < 4.78 is 6.10. The van der Waals surface area contributed by atoms with E-state index in [-0.39, 0.29) is 0 Å². The summed E-state index contributed by atoms with van der Waals surface area (Å²) in [5.74, 6) is 0. The zero-order valence-corrected chi connectivity index (χ0v) is 13.6. The van der Waals surface area contributed by atoms with Gasteiger partial charge in [-0.2, -0.15) is 0 Å². The highest BCUT2D eigenvalue weighted by Gasteiger charge is 2.21. The Balaban J connectivity index is 1.82. The zero-order chi connectivity index (χ0) is 14.5. The lowest BCUT2D eigenvalue weighted by atomic mass is 10.00. The van der Waals surface area contributed by atoms with E-state index < -0.39 is 9.04 Å². The number of hydrogen-bond donors (Lipinski definition) is 0. The standard InChI is InChI=1S/C19H22OSi/c1-16(15-17-9-3-2-4-10-17)18-11-5-6-12-19(18)21-14-8-7-13-20-21/h2-6,9-12,21H,1,7-8,13-15H2. The van der Waals surface area contributed by atoms with Gasteiger partial charge in [0.1, 0.15) is 0 Å². The number of hydrogen-bond acceptors (Lipinski definition) is 1. The summed E-state index contributed by atoms with van der Waals surface area (Å²) in [4.78, 5) is 0. The lowest BCUT2D eigenvalue weighted by molar-refractivity contribution is 0.294. The monoisotopic (exact) mass is 294 g/mol. The fourth-order valence-corrected chi connectivity index (χ4v) is 5.76. The van der Waals surface area contributed by atoms with Gasteiger partial charge in [0.2, 0.25) is 9.04 Å². The lowest BCUT2D eigenvalue weighted by Gasteiger charge is -2.24. The first kappa shape index (κ1) is 14.3. The maximum atomic E-state index is 6.10. The smallest absolute Gasteiger partial charge is 0.208 e. The van der Waals surface area contributed by atoms with Crippen molar-refractivity contribution < 1.29 is 4.43 Å². The molecule has 0 aromatic heterocycles. The summed E-state index contributed by atoms with van der Waals surface area (Å²) in [6.45, 7) is 5.28. The second-order valence-corrected chi connectivity index (χ2v) is 8.22. The molecule has 1 heterocycles. The third-order valence-corrected chi connectivity index (χ3v) is 6.90. The molecule has 0 spiro atoms. The molecule has 1 nitrogen and oxygen atoms in total. The molecular formula is C19H22OSi. The quantitative estimate of drug-likeness (QED) is 0.782. The molecule has 1 atom stereocenters. The first-order valence-electron chi connectivity index (χ1n) is 7.77. The molecule has 1 aliphatic rings. The summed E-state index contributed by atoms with van der Waals surface area (Å²) in [5, 5.41) is 1.44. The van der Waals surface area contributed by atoms with Crippen LogP contribution in [0, 0.1) is 0 Å². The largest absolute Gasteiger partial charge is 0.415 e. The van der Waals surface area contributed by atoms with Crippen molar-refractivity contribution in [2.45, 2.75) is 25.3 Å². The van der Waals surface area contributed by atoms with E-state index in [1.54, 1.807) is 0 Å². The SMILES string of the molecule is C=C(Cc1ccccc1)c1ccccc1[SiH]1CCCCO1. The first-order chi connectivity index (χ1) is 10.3. The van der Waals surface area contributed by atoms with Crippen molar-refractivity contribution in [3.8, 4) is 0 Å². The van der Waals surface area contributed by atoms with Gasteiger partial charge in [-0.25, -0.2) is 0 Å². The minimum absolute atomic E-state index is 0.916. The topological polar surface area (TPSA) is 9.23 Å². The Kier molecular flexibility index (Phi) is 4.68. The van der Waals surface area contributed by atoms with E-state index in [1.807, 2.05) is 0 Å².